The van der Waals surface area contributed by atoms with Crippen LogP contribution in [0.3, 0.4) is 0 Å². The lowest BCUT2D eigenvalue weighted by Gasteiger charge is -2.14. The van der Waals surface area contributed by atoms with Crippen molar-refractivity contribution in [1.29, 1.82) is 0 Å². The van der Waals surface area contributed by atoms with E-state index in [-0.39, 0.29) is 5.30 Å². The molecule has 0 aliphatic heterocycles. The van der Waals surface area contributed by atoms with Gasteiger partial charge in [-0.25, -0.2) is 0 Å². The number of aryl methyl sites for hydroxylation is 1. The van der Waals surface area contributed by atoms with Crippen LogP contribution in [0.5, 0.6) is 0 Å². The molecule has 4 nitrogen and oxygen atoms in total. The van der Waals surface area contributed by atoms with Gasteiger partial charge in [0.05, 0.1) is 5.30 Å². The fraction of sp³-hybridized carbons (Fsp3) is 0.154. The number of carbonyl (C=O) groups excluding carboxylic acids is 1. The van der Waals surface area contributed by atoms with Crippen LogP contribution < -0.4 is 5.30 Å². The lowest BCUT2D eigenvalue weighted by molar-refractivity contribution is -0.0979. The summed E-state index contributed by atoms with van der Waals surface area (Å²) in [5.74, 6) is 0. The van der Waals surface area contributed by atoms with Crippen molar-refractivity contribution in [1.82, 2.24) is 0 Å². The van der Waals surface area contributed by atoms with E-state index < -0.39 is 7.60 Å². The first kappa shape index (κ1) is 14.6. The Balaban J connectivity index is 0.000000771. The molecule has 2 N–H and O–H groups in total. The van der Waals surface area contributed by atoms with Crippen LogP contribution in [-0.2, 0) is 9.36 Å². The summed E-state index contributed by atoms with van der Waals surface area (Å²) in [6, 6.07) is 9.21. The average Bonchev–Trinajstić information content (AvgIpc) is 2.31. The molecule has 0 saturated heterocycles. The first-order chi connectivity index (χ1) is 8.41. The van der Waals surface area contributed by atoms with E-state index in [1.807, 2.05) is 31.9 Å². The minimum Gasteiger partial charge on any atom is -0.321 e. The third-order valence-corrected chi connectivity index (χ3v) is 3.98. The lowest BCUT2D eigenvalue weighted by Crippen LogP contribution is -2.11. The molecule has 0 atom stereocenters. The molecule has 0 radical (unpaired) electrons. The summed E-state index contributed by atoms with van der Waals surface area (Å²) in [5.41, 5.74) is 1.57. The van der Waals surface area contributed by atoms with Crippen LogP contribution in [0.4, 0.5) is 0 Å². The van der Waals surface area contributed by atoms with Crippen molar-refractivity contribution >= 4 is 30.5 Å². The quantitative estimate of drug-likeness (QED) is 0.775. The van der Waals surface area contributed by atoms with Gasteiger partial charge in [0.25, 0.3) is 0 Å². The first-order valence-corrected chi connectivity index (χ1v) is 6.86. The standard InChI is InChI=1S/C12H13O3P.CH2O/c1-8-7-10-5-3-4-6-11(10)12(9(8)2)16(13,14)15;1-2/h3-7H,1-2H3,(H2,13,14,15);1H2. The van der Waals surface area contributed by atoms with Gasteiger partial charge in [-0.15, -0.1) is 0 Å². The van der Waals surface area contributed by atoms with Crippen LogP contribution in [0.2, 0.25) is 0 Å². The van der Waals surface area contributed by atoms with Gasteiger partial charge in [0.1, 0.15) is 6.79 Å². The van der Waals surface area contributed by atoms with E-state index in [1.165, 1.54) is 0 Å². The second kappa shape index (κ2) is 5.44. The summed E-state index contributed by atoms with van der Waals surface area (Å²) in [5, 5.41) is 1.66. The molecule has 96 valence electrons. The van der Waals surface area contributed by atoms with Gasteiger partial charge >= 0.3 is 7.60 Å². The maximum Gasteiger partial charge on any atom is 0.357 e. The van der Waals surface area contributed by atoms with Crippen LogP contribution in [0.15, 0.2) is 30.3 Å². The molecule has 0 heterocycles. The molecule has 2 aromatic carbocycles. The van der Waals surface area contributed by atoms with Gasteiger partial charge in [0.2, 0.25) is 0 Å². The largest absolute Gasteiger partial charge is 0.357 e. The number of rotatable bonds is 1. The molecule has 0 bridgehead atoms. The molecule has 5 heteroatoms. The maximum absolute atomic E-state index is 11.5. The van der Waals surface area contributed by atoms with E-state index in [9.17, 15) is 14.4 Å². The minimum absolute atomic E-state index is 0.156. The summed E-state index contributed by atoms with van der Waals surface area (Å²) >= 11 is 0. The van der Waals surface area contributed by atoms with E-state index >= 15 is 0 Å². The van der Waals surface area contributed by atoms with Crippen LogP contribution in [0.25, 0.3) is 10.8 Å². The molecule has 0 aliphatic rings. The molecule has 0 aromatic heterocycles. The van der Waals surface area contributed by atoms with Crippen molar-refractivity contribution in [3.63, 3.8) is 0 Å². The Morgan fingerprint density at radius 2 is 1.67 bits per heavy atom. The fourth-order valence-corrected chi connectivity index (χ4v) is 3.07. The number of fused-ring (bicyclic) bond motifs is 1. The number of hydrogen-bond acceptors (Lipinski definition) is 2. The zero-order chi connectivity index (χ0) is 13.9. The molecular weight excluding hydrogens is 251 g/mol. The lowest BCUT2D eigenvalue weighted by atomic mass is 10.0. The second-order valence-corrected chi connectivity index (χ2v) is 5.47. The molecule has 0 fully saturated rings. The molecule has 0 aliphatic carbocycles. The van der Waals surface area contributed by atoms with E-state index in [0.29, 0.717) is 10.9 Å². The zero-order valence-electron chi connectivity index (χ0n) is 10.3. The molecule has 0 unspecified atom stereocenters. The van der Waals surface area contributed by atoms with Crippen molar-refractivity contribution in [2.24, 2.45) is 0 Å². The Morgan fingerprint density at radius 3 is 2.22 bits per heavy atom. The van der Waals surface area contributed by atoms with Crippen LogP contribution in [0, 0.1) is 13.8 Å². The van der Waals surface area contributed by atoms with Gasteiger partial charge in [0, 0.05) is 0 Å². The molecule has 0 amide bonds. The highest BCUT2D eigenvalue weighted by Crippen LogP contribution is 2.38. The fourth-order valence-electron chi connectivity index (χ4n) is 1.94. The summed E-state index contributed by atoms with van der Waals surface area (Å²) in [7, 11) is -4.23. The predicted octanol–water partition coefficient (Wildman–Crippen LogP) is 2.07. The Bertz CT molecular complexity index is 616. The van der Waals surface area contributed by atoms with E-state index in [1.54, 1.807) is 19.1 Å². The predicted molar refractivity (Wildman–Crippen MR) is 72.2 cm³/mol. The summed E-state index contributed by atoms with van der Waals surface area (Å²) < 4.78 is 11.5. The Labute approximate surface area is 105 Å². The second-order valence-electron chi connectivity index (χ2n) is 3.93. The highest BCUT2D eigenvalue weighted by Gasteiger charge is 2.23. The highest BCUT2D eigenvalue weighted by atomic mass is 31.2. The monoisotopic (exact) mass is 266 g/mol. The smallest absolute Gasteiger partial charge is 0.321 e. The number of benzene rings is 2. The van der Waals surface area contributed by atoms with Gasteiger partial charge in [-0.05, 0) is 35.7 Å². The van der Waals surface area contributed by atoms with Crippen LogP contribution >= 0.6 is 7.60 Å². The van der Waals surface area contributed by atoms with Gasteiger partial charge < -0.3 is 14.6 Å². The number of hydrogen-bond donors (Lipinski definition) is 2. The van der Waals surface area contributed by atoms with E-state index in [0.717, 1.165) is 10.9 Å². The first-order valence-electron chi connectivity index (χ1n) is 5.25. The van der Waals surface area contributed by atoms with Crippen LogP contribution in [-0.4, -0.2) is 16.6 Å². The molecule has 0 saturated carbocycles. The third-order valence-electron chi connectivity index (χ3n) is 2.83. The molecule has 2 rings (SSSR count). The van der Waals surface area contributed by atoms with Gasteiger partial charge in [0.15, 0.2) is 0 Å². The van der Waals surface area contributed by atoms with Gasteiger partial charge in [-0.2, -0.15) is 0 Å². The normalized spacial score (nSPS) is 10.9. The van der Waals surface area contributed by atoms with Crippen molar-refractivity contribution in [2.45, 2.75) is 13.8 Å². The Kier molecular flexibility index (Phi) is 4.41. The summed E-state index contributed by atoms with van der Waals surface area (Å²) in [6.07, 6.45) is 0. The maximum atomic E-state index is 11.5. The molecule has 2 aromatic rings. The van der Waals surface area contributed by atoms with Gasteiger partial charge in [-0.3, -0.25) is 4.57 Å². The molecular formula is C13H15O4P. The zero-order valence-corrected chi connectivity index (χ0v) is 11.1. The minimum atomic E-state index is -4.23. The van der Waals surface area contributed by atoms with Crippen molar-refractivity contribution in [3.05, 3.63) is 41.5 Å². The van der Waals surface area contributed by atoms with E-state index in [4.69, 9.17) is 4.79 Å². The Morgan fingerprint density at radius 1 is 1.11 bits per heavy atom. The van der Waals surface area contributed by atoms with E-state index in [2.05, 4.69) is 0 Å². The Hall–Kier alpha value is -1.48. The third kappa shape index (κ3) is 2.67. The molecule has 18 heavy (non-hydrogen) atoms. The highest BCUT2D eigenvalue weighted by molar-refractivity contribution is 7.61. The van der Waals surface area contributed by atoms with Crippen molar-refractivity contribution in [3.8, 4) is 0 Å². The SMILES string of the molecule is C=O.Cc1cc2ccccc2c(P(=O)(O)O)c1C. The summed E-state index contributed by atoms with van der Waals surface area (Å²) in [4.78, 5) is 26.8. The van der Waals surface area contributed by atoms with Gasteiger partial charge in [-0.1, -0.05) is 30.3 Å². The molecule has 0 spiro atoms. The van der Waals surface area contributed by atoms with Crippen molar-refractivity contribution in [2.75, 3.05) is 0 Å². The average molecular weight is 266 g/mol. The van der Waals surface area contributed by atoms with Crippen molar-refractivity contribution < 1.29 is 19.1 Å². The topological polar surface area (TPSA) is 74.6 Å². The van der Waals surface area contributed by atoms with Crippen LogP contribution in [0.1, 0.15) is 11.1 Å². The summed E-state index contributed by atoms with van der Waals surface area (Å²) in [6.45, 7) is 5.61. The number of carbonyl (C=O) groups is 1.